The standard InChI is InChI=1S/C47H82O10/c1-3-5-7-9-11-13-15-17-19-20-22-24-26-28-30-32-34-36-43(50)56-40(39-55-47-46(53)45(52)44(51)41(37-48)57-47)38-54-42(49)35-33-31-29-27-25-23-21-18-16-14-12-10-8-6-4-2/h7,9,13,15,19-20,24,26,40-41,44-48,51-53H,3-6,8,10-12,14,16-18,21-23,25,27-39H2,1-2H3/b9-7+,15-13+,20-19+,26-24+/t40-,41-,44+,45?,46?,47-/m1/s1. The van der Waals surface area contributed by atoms with Crippen LogP contribution in [0.5, 0.6) is 0 Å². The number of aliphatic hydroxyl groups is 4. The fourth-order valence-electron chi connectivity index (χ4n) is 6.59. The van der Waals surface area contributed by atoms with Gasteiger partial charge in [0.25, 0.3) is 0 Å². The Balaban J connectivity index is 2.35. The fraction of sp³-hybridized carbons (Fsp3) is 0.787. The first-order valence-corrected chi connectivity index (χ1v) is 22.7. The molecule has 2 unspecified atom stereocenters. The maximum absolute atomic E-state index is 12.8. The summed E-state index contributed by atoms with van der Waals surface area (Å²) in [6, 6.07) is 0. The molecule has 10 heteroatoms. The number of carbonyl (C=O) groups excluding carboxylic acids is 2. The SMILES string of the molecule is CCC/C=C/C/C=C/C/C=C/C/C=C/CCCCCC(=O)O[C@H](COC(=O)CCCCCCCCCCCCCCCCC)CO[C@@H]1O[C@H](CO)[C@H](O)C(O)C1O. The van der Waals surface area contributed by atoms with Crippen LogP contribution in [0, 0.1) is 0 Å². The van der Waals surface area contributed by atoms with Gasteiger partial charge < -0.3 is 39.4 Å². The Morgan fingerprint density at radius 3 is 1.54 bits per heavy atom. The maximum atomic E-state index is 12.8. The minimum Gasteiger partial charge on any atom is -0.462 e. The van der Waals surface area contributed by atoms with Gasteiger partial charge in [0, 0.05) is 12.8 Å². The summed E-state index contributed by atoms with van der Waals surface area (Å²) in [5.41, 5.74) is 0. The lowest BCUT2D eigenvalue weighted by molar-refractivity contribution is -0.305. The van der Waals surface area contributed by atoms with E-state index < -0.39 is 49.4 Å². The largest absolute Gasteiger partial charge is 0.462 e. The molecule has 330 valence electrons. The van der Waals surface area contributed by atoms with Crippen LogP contribution in [0.2, 0.25) is 0 Å². The predicted octanol–water partition coefficient (Wildman–Crippen LogP) is 9.67. The van der Waals surface area contributed by atoms with Gasteiger partial charge in [-0.05, 0) is 51.4 Å². The molecule has 0 aliphatic carbocycles. The Hall–Kier alpha value is -2.34. The third-order valence-corrected chi connectivity index (χ3v) is 10.2. The number of hydrogen-bond donors (Lipinski definition) is 4. The van der Waals surface area contributed by atoms with E-state index in [1.54, 1.807) is 0 Å². The van der Waals surface area contributed by atoms with Crippen LogP contribution in [-0.2, 0) is 28.5 Å². The predicted molar refractivity (Wildman–Crippen MR) is 229 cm³/mol. The van der Waals surface area contributed by atoms with E-state index >= 15 is 0 Å². The number of aliphatic hydroxyl groups excluding tert-OH is 4. The first-order chi connectivity index (χ1) is 27.8. The Kier molecular flexibility index (Phi) is 35.0. The van der Waals surface area contributed by atoms with Crippen LogP contribution in [0.3, 0.4) is 0 Å². The Morgan fingerprint density at radius 1 is 0.544 bits per heavy atom. The molecule has 0 aromatic rings. The van der Waals surface area contributed by atoms with Crippen LogP contribution in [0.15, 0.2) is 48.6 Å². The van der Waals surface area contributed by atoms with Crippen molar-refractivity contribution in [3.05, 3.63) is 48.6 Å². The van der Waals surface area contributed by atoms with Gasteiger partial charge in [0.05, 0.1) is 13.2 Å². The molecule has 1 aliphatic rings. The van der Waals surface area contributed by atoms with E-state index in [9.17, 15) is 30.0 Å². The van der Waals surface area contributed by atoms with Crippen molar-refractivity contribution in [1.29, 1.82) is 0 Å². The van der Waals surface area contributed by atoms with Gasteiger partial charge in [-0.2, -0.15) is 0 Å². The van der Waals surface area contributed by atoms with Crippen molar-refractivity contribution >= 4 is 11.9 Å². The summed E-state index contributed by atoms with van der Waals surface area (Å²) in [5.74, 6) is -0.840. The van der Waals surface area contributed by atoms with Crippen molar-refractivity contribution in [3.8, 4) is 0 Å². The lowest BCUT2D eigenvalue weighted by atomic mass is 9.99. The van der Waals surface area contributed by atoms with Crippen LogP contribution in [0.25, 0.3) is 0 Å². The van der Waals surface area contributed by atoms with Crippen LogP contribution < -0.4 is 0 Å². The third kappa shape index (κ3) is 29.5. The Bertz CT molecular complexity index is 1070. The highest BCUT2D eigenvalue weighted by molar-refractivity contribution is 5.70. The highest BCUT2D eigenvalue weighted by atomic mass is 16.7. The smallest absolute Gasteiger partial charge is 0.306 e. The molecule has 0 radical (unpaired) electrons. The number of esters is 2. The topological polar surface area (TPSA) is 152 Å². The summed E-state index contributed by atoms with van der Waals surface area (Å²) in [7, 11) is 0. The molecule has 0 bridgehead atoms. The van der Waals surface area contributed by atoms with E-state index in [-0.39, 0.29) is 32.0 Å². The van der Waals surface area contributed by atoms with Gasteiger partial charge in [0.2, 0.25) is 0 Å². The molecule has 0 aromatic carbocycles. The first kappa shape index (κ1) is 52.7. The van der Waals surface area contributed by atoms with Crippen LogP contribution in [0.4, 0.5) is 0 Å². The normalized spacial score (nSPS) is 20.7. The van der Waals surface area contributed by atoms with Crippen molar-refractivity contribution in [2.24, 2.45) is 0 Å². The molecule has 1 aliphatic heterocycles. The van der Waals surface area contributed by atoms with Crippen molar-refractivity contribution in [3.63, 3.8) is 0 Å². The molecule has 6 atom stereocenters. The first-order valence-electron chi connectivity index (χ1n) is 22.7. The van der Waals surface area contributed by atoms with Crippen LogP contribution >= 0.6 is 0 Å². The molecule has 1 fully saturated rings. The van der Waals surface area contributed by atoms with Gasteiger partial charge in [-0.15, -0.1) is 0 Å². The third-order valence-electron chi connectivity index (χ3n) is 10.2. The fourth-order valence-corrected chi connectivity index (χ4v) is 6.59. The summed E-state index contributed by atoms with van der Waals surface area (Å²) in [4.78, 5) is 25.3. The molecule has 0 saturated carbocycles. The monoisotopic (exact) mass is 807 g/mol. The second-order valence-electron chi connectivity index (χ2n) is 15.5. The summed E-state index contributed by atoms with van der Waals surface area (Å²) < 4.78 is 22.1. The summed E-state index contributed by atoms with van der Waals surface area (Å²) in [5, 5.41) is 40.1. The molecule has 0 amide bonds. The van der Waals surface area contributed by atoms with E-state index in [0.29, 0.717) is 6.42 Å². The van der Waals surface area contributed by atoms with E-state index in [4.69, 9.17) is 18.9 Å². The second-order valence-corrected chi connectivity index (χ2v) is 15.5. The van der Waals surface area contributed by atoms with E-state index in [1.165, 1.54) is 83.5 Å². The van der Waals surface area contributed by atoms with Gasteiger partial charge in [-0.1, -0.05) is 165 Å². The zero-order chi connectivity index (χ0) is 41.6. The van der Waals surface area contributed by atoms with Gasteiger partial charge >= 0.3 is 11.9 Å². The minimum absolute atomic E-state index is 0.192. The van der Waals surface area contributed by atoms with Gasteiger partial charge in [0.1, 0.15) is 31.0 Å². The number of ether oxygens (including phenoxy) is 4. The summed E-state index contributed by atoms with van der Waals surface area (Å²) >= 11 is 0. The zero-order valence-electron chi connectivity index (χ0n) is 35.8. The molecule has 57 heavy (non-hydrogen) atoms. The second kappa shape index (κ2) is 37.9. The highest BCUT2D eigenvalue weighted by Gasteiger charge is 2.44. The summed E-state index contributed by atoms with van der Waals surface area (Å²) in [6.07, 6.45) is 36.8. The number of unbranched alkanes of at least 4 members (excludes halogenated alkanes) is 18. The lowest BCUT2D eigenvalue weighted by Crippen LogP contribution is -2.59. The number of rotatable bonds is 37. The van der Waals surface area contributed by atoms with Crippen molar-refractivity contribution in [2.75, 3.05) is 19.8 Å². The number of carbonyl (C=O) groups is 2. The molecule has 1 heterocycles. The maximum Gasteiger partial charge on any atom is 0.306 e. The van der Waals surface area contributed by atoms with Gasteiger partial charge in [-0.3, -0.25) is 9.59 Å². The van der Waals surface area contributed by atoms with Crippen LogP contribution in [-0.4, -0.2) is 89.0 Å². The van der Waals surface area contributed by atoms with Crippen molar-refractivity contribution in [2.45, 2.75) is 218 Å². The van der Waals surface area contributed by atoms with Crippen molar-refractivity contribution < 1.29 is 49.0 Å². The average molecular weight is 807 g/mol. The van der Waals surface area contributed by atoms with Crippen LogP contribution in [0.1, 0.15) is 181 Å². The molecule has 1 rings (SSSR count). The average Bonchev–Trinajstić information content (AvgIpc) is 3.21. The molecule has 4 N–H and O–H groups in total. The quantitative estimate of drug-likeness (QED) is 0.0271. The Labute approximate surface area is 346 Å². The highest BCUT2D eigenvalue weighted by Crippen LogP contribution is 2.22. The molecule has 0 aromatic heterocycles. The molecule has 10 nitrogen and oxygen atoms in total. The molecule has 1 saturated heterocycles. The van der Waals surface area contributed by atoms with E-state index in [1.807, 2.05) is 0 Å². The van der Waals surface area contributed by atoms with Crippen molar-refractivity contribution in [1.82, 2.24) is 0 Å². The molecule has 0 spiro atoms. The zero-order valence-corrected chi connectivity index (χ0v) is 35.8. The Morgan fingerprint density at radius 2 is 1.02 bits per heavy atom. The molecular formula is C47H82O10. The van der Waals surface area contributed by atoms with E-state index in [2.05, 4.69) is 62.5 Å². The van der Waals surface area contributed by atoms with Gasteiger partial charge in [-0.25, -0.2) is 0 Å². The molecular weight excluding hydrogens is 725 g/mol. The number of hydrogen-bond acceptors (Lipinski definition) is 10. The van der Waals surface area contributed by atoms with E-state index in [0.717, 1.165) is 64.2 Å². The lowest BCUT2D eigenvalue weighted by Gasteiger charge is -2.39. The van der Waals surface area contributed by atoms with Gasteiger partial charge in [0.15, 0.2) is 12.4 Å². The minimum atomic E-state index is -1.60. The number of allylic oxidation sites excluding steroid dienone is 8. The summed E-state index contributed by atoms with van der Waals surface area (Å²) in [6.45, 7) is 3.33.